The molecule has 1 N–H and O–H groups in total. The van der Waals surface area contributed by atoms with Crippen LogP contribution in [0.2, 0.25) is 0 Å². The van der Waals surface area contributed by atoms with Crippen molar-refractivity contribution >= 4 is 45.5 Å². The summed E-state index contributed by atoms with van der Waals surface area (Å²) in [5, 5.41) is 6.88. The van der Waals surface area contributed by atoms with E-state index in [2.05, 4.69) is 26.3 Å². The summed E-state index contributed by atoms with van der Waals surface area (Å²) in [4.78, 5) is 39.6. The second-order valence-corrected chi connectivity index (χ2v) is 9.03. The summed E-state index contributed by atoms with van der Waals surface area (Å²) in [6.45, 7) is 9.53. The van der Waals surface area contributed by atoms with Gasteiger partial charge >= 0.3 is 6.03 Å². The van der Waals surface area contributed by atoms with E-state index >= 15 is 0 Å². The highest BCUT2D eigenvalue weighted by Crippen LogP contribution is 2.32. The Morgan fingerprint density at radius 3 is 2.24 bits per heavy atom. The van der Waals surface area contributed by atoms with Crippen LogP contribution in [0.5, 0.6) is 0 Å². The minimum atomic E-state index is -0.783. The first kappa shape index (κ1) is 22.7. The Bertz CT molecular complexity index is 1350. The van der Waals surface area contributed by atoms with Gasteiger partial charge in [0, 0.05) is 15.7 Å². The fraction of sp³-hybridized carbons (Fsp3) is 0.200. The van der Waals surface area contributed by atoms with E-state index in [0.717, 1.165) is 33.0 Å². The zero-order chi connectivity index (χ0) is 24.0. The van der Waals surface area contributed by atoms with Crippen LogP contribution in [0, 0.1) is 34.6 Å². The molecule has 0 saturated carbocycles. The van der Waals surface area contributed by atoms with E-state index in [1.54, 1.807) is 10.7 Å². The second-order valence-electron chi connectivity index (χ2n) is 8.18. The maximum absolute atomic E-state index is 13.4. The molecule has 1 saturated heterocycles. The first-order valence-electron chi connectivity index (χ1n) is 10.4. The predicted octanol–water partition coefficient (Wildman–Crippen LogP) is 4.84. The van der Waals surface area contributed by atoms with E-state index in [0.29, 0.717) is 21.4 Å². The number of halogens is 1. The highest BCUT2D eigenvalue weighted by atomic mass is 79.9. The lowest BCUT2D eigenvalue weighted by Crippen LogP contribution is -2.54. The number of rotatable bonds is 3. The number of nitrogens with one attached hydrogen (secondary N) is 1. The number of barbiturate groups is 1. The number of urea groups is 1. The van der Waals surface area contributed by atoms with E-state index in [-0.39, 0.29) is 5.57 Å². The van der Waals surface area contributed by atoms with Crippen molar-refractivity contribution in [3.8, 4) is 5.69 Å². The Labute approximate surface area is 200 Å². The normalized spacial score (nSPS) is 15.4. The molecule has 1 aromatic heterocycles. The van der Waals surface area contributed by atoms with Crippen LogP contribution >= 0.6 is 15.9 Å². The molecule has 4 amide bonds. The summed E-state index contributed by atoms with van der Waals surface area (Å²) in [6, 6.07) is 10.7. The van der Waals surface area contributed by atoms with Crippen molar-refractivity contribution in [1.82, 2.24) is 15.1 Å². The van der Waals surface area contributed by atoms with Crippen molar-refractivity contribution in [2.45, 2.75) is 34.6 Å². The largest absolute Gasteiger partial charge is 0.335 e. The molecule has 0 aliphatic carbocycles. The summed E-state index contributed by atoms with van der Waals surface area (Å²) < 4.78 is 2.36. The van der Waals surface area contributed by atoms with Crippen molar-refractivity contribution < 1.29 is 14.4 Å². The quantitative estimate of drug-likeness (QED) is 0.406. The molecule has 33 heavy (non-hydrogen) atoms. The molecule has 1 fully saturated rings. The highest BCUT2D eigenvalue weighted by Gasteiger charge is 2.38. The van der Waals surface area contributed by atoms with Gasteiger partial charge in [-0.3, -0.25) is 14.9 Å². The van der Waals surface area contributed by atoms with E-state index in [9.17, 15) is 14.4 Å². The SMILES string of the molecule is Cc1ccc(-n2nc(C)c(/C=C3/C(=O)NC(=O)N(c4cc(C)c(C)cc4Br)C3=O)c2C)cc1. The molecule has 7 nitrogen and oxygen atoms in total. The first-order chi connectivity index (χ1) is 15.6. The molecule has 0 atom stereocenters. The maximum atomic E-state index is 13.4. The number of hydrogen-bond acceptors (Lipinski definition) is 4. The van der Waals surface area contributed by atoms with Crippen LogP contribution < -0.4 is 10.2 Å². The van der Waals surface area contributed by atoms with Gasteiger partial charge in [0.25, 0.3) is 11.8 Å². The molecule has 0 spiro atoms. The number of anilines is 1. The monoisotopic (exact) mass is 506 g/mol. The third-order valence-electron chi connectivity index (χ3n) is 5.82. The summed E-state index contributed by atoms with van der Waals surface area (Å²) in [6.07, 6.45) is 1.51. The number of imide groups is 2. The molecular formula is C25H23BrN4O3. The van der Waals surface area contributed by atoms with Gasteiger partial charge in [-0.15, -0.1) is 0 Å². The molecule has 0 bridgehead atoms. The van der Waals surface area contributed by atoms with Crippen molar-refractivity contribution in [1.29, 1.82) is 0 Å². The number of aryl methyl sites for hydroxylation is 4. The summed E-state index contributed by atoms with van der Waals surface area (Å²) in [7, 11) is 0. The Morgan fingerprint density at radius 2 is 1.58 bits per heavy atom. The number of hydrogen-bond donors (Lipinski definition) is 1. The molecule has 1 aliphatic heterocycles. The molecule has 8 heteroatoms. The Morgan fingerprint density at radius 1 is 0.939 bits per heavy atom. The average molecular weight is 507 g/mol. The standard InChI is InChI=1S/C25H23BrN4O3/c1-13-6-8-18(9-7-13)30-17(5)19(16(4)28-30)12-20-23(31)27-25(33)29(24(20)32)22-11-15(3)14(2)10-21(22)26/h6-12H,1-5H3,(H,27,31,33)/b20-12-. The van der Waals surface area contributed by atoms with Gasteiger partial charge in [0.2, 0.25) is 0 Å². The maximum Gasteiger partial charge on any atom is 0.335 e. The van der Waals surface area contributed by atoms with Crippen LogP contribution in [0.3, 0.4) is 0 Å². The Kier molecular flexibility index (Phi) is 5.80. The van der Waals surface area contributed by atoms with Gasteiger partial charge in [-0.2, -0.15) is 5.10 Å². The molecule has 2 heterocycles. The van der Waals surface area contributed by atoms with Crippen molar-refractivity contribution in [3.63, 3.8) is 0 Å². The number of carbonyl (C=O) groups excluding carboxylic acids is 3. The summed E-state index contributed by atoms with van der Waals surface area (Å²) in [5.41, 5.74) is 6.28. The van der Waals surface area contributed by atoms with Gasteiger partial charge in [-0.1, -0.05) is 17.7 Å². The molecule has 0 radical (unpaired) electrons. The molecule has 0 unspecified atom stereocenters. The lowest BCUT2D eigenvalue weighted by atomic mass is 10.0. The predicted molar refractivity (Wildman–Crippen MR) is 130 cm³/mol. The number of nitrogens with zero attached hydrogens (tertiary/aromatic N) is 3. The smallest absolute Gasteiger partial charge is 0.273 e. The minimum Gasteiger partial charge on any atom is -0.273 e. The van der Waals surface area contributed by atoms with Crippen LogP contribution in [0.1, 0.15) is 33.6 Å². The van der Waals surface area contributed by atoms with Gasteiger partial charge in [0.15, 0.2) is 0 Å². The highest BCUT2D eigenvalue weighted by molar-refractivity contribution is 9.10. The van der Waals surface area contributed by atoms with E-state index in [1.165, 1.54) is 6.08 Å². The zero-order valence-corrected chi connectivity index (χ0v) is 20.6. The van der Waals surface area contributed by atoms with Crippen LogP contribution in [0.15, 0.2) is 46.4 Å². The van der Waals surface area contributed by atoms with Crippen LogP contribution in [0.4, 0.5) is 10.5 Å². The average Bonchev–Trinajstić information content (AvgIpc) is 3.03. The van der Waals surface area contributed by atoms with E-state index in [4.69, 9.17) is 0 Å². The molecular weight excluding hydrogens is 484 g/mol. The van der Waals surface area contributed by atoms with Gasteiger partial charge in [0.05, 0.1) is 17.1 Å². The Hall–Kier alpha value is -3.52. The molecule has 4 rings (SSSR count). The molecule has 2 aromatic carbocycles. The lowest BCUT2D eigenvalue weighted by Gasteiger charge is -2.27. The van der Waals surface area contributed by atoms with E-state index < -0.39 is 17.8 Å². The van der Waals surface area contributed by atoms with Gasteiger partial charge in [0.1, 0.15) is 5.57 Å². The third kappa shape index (κ3) is 4.02. The van der Waals surface area contributed by atoms with E-state index in [1.807, 2.05) is 65.0 Å². The number of carbonyl (C=O) groups is 3. The fourth-order valence-corrected chi connectivity index (χ4v) is 4.39. The van der Waals surface area contributed by atoms with Gasteiger partial charge in [-0.05, 0) is 92.0 Å². The van der Waals surface area contributed by atoms with Gasteiger partial charge in [-0.25, -0.2) is 14.4 Å². The van der Waals surface area contributed by atoms with Crippen LogP contribution in [0.25, 0.3) is 11.8 Å². The zero-order valence-electron chi connectivity index (χ0n) is 19.0. The molecule has 1 aliphatic rings. The van der Waals surface area contributed by atoms with Gasteiger partial charge < -0.3 is 0 Å². The minimum absolute atomic E-state index is 0.130. The second kappa shape index (κ2) is 8.44. The fourth-order valence-electron chi connectivity index (χ4n) is 3.76. The lowest BCUT2D eigenvalue weighted by molar-refractivity contribution is -0.122. The van der Waals surface area contributed by atoms with Crippen molar-refractivity contribution in [3.05, 3.63) is 80.1 Å². The van der Waals surface area contributed by atoms with Crippen LogP contribution in [-0.4, -0.2) is 27.6 Å². The van der Waals surface area contributed by atoms with Crippen molar-refractivity contribution in [2.75, 3.05) is 4.90 Å². The number of aromatic nitrogens is 2. The van der Waals surface area contributed by atoms with Crippen molar-refractivity contribution in [2.24, 2.45) is 0 Å². The number of benzene rings is 2. The molecule has 168 valence electrons. The van der Waals surface area contributed by atoms with Crippen LogP contribution in [-0.2, 0) is 9.59 Å². The summed E-state index contributed by atoms with van der Waals surface area (Å²) >= 11 is 3.44. The third-order valence-corrected chi connectivity index (χ3v) is 6.46. The first-order valence-corrected chi connectivity index (χ1v) is 11.2. The molecule has 3 aromatic rings. The Balaban J connectivity index is 1.79. The topological polar surface area (TPSA) is 84.3 Å². The number of amides is 4. The summed E-state index contributed by atoms with van der Waals surface area (Å²) in [5.74, 6) is -1.42.